The van der Waals surface area contributed by atoms with Crippen LogP contribution in [0.5, 0.6) is 0 Å². The number of hydrogen-bond acceptors (Lipinski definition) is 1. The molecule has 1 fully saturated rings. The minimum absolute atomic E-state index is 0.518. The third kappa shape index (κ3) is 2.96. The van der Waals surface area contributed by atoms with Crippen molar-refractivity contribution in [1.82, 2.24) is 4.90 Å². The van der Waals surface area contributed by atoms with Gasteiger partial charge in [0.15, 0.2) is 0 Å². The predicted molar refractivity (Wildman–Crippen MR) is 67.0 cm³/mol. The maximum absolute atomic E-state index is 3.69. The first kappa shape index (κ1) is 12.5. The minimum Gasteiger partial charge on any atom is -0.302 e. The van der Waals surface area contributed by atoms with Crippen LogP contribution in [0.3, 0.4) is 0 Å². The maximum Gasteiger partial charge on any atom is 0.01000 e. The largest absolute Gasteiger partial charge is 0.302 e. The summed E-state index contributed by atoms with van der Waals surface area (Å²) in [5.74, 6) is 0.914. The van der Waals surface area contributed by atoms with Crippen LogP contribution in [-0.2, 0) is 0 Å². The van der Waals surface area contributed by atoms with Gasteiger partial charge in [-0.05, 0) is 37.1 Å². The Kier molecular flexibility index (Phi) is 4.92. The number of nitrogens with zero attached hydrogens (tertiary/aromatic N) is 1. The molecule has 1 aliphatic heterocycles. The van der Waals surface area contributed by atoms with Gasteiger partial charge in [0.2, 0.25) is 0 Å². The molecule has 0 bridgehead atoms. The third-order valence-electron chi connectivity index (χ3n) is 3.85. The molecule has 14 heavy (non-hydrogen) atoms. The Balaban J connectivity index is 2.47. The van der Waals surface area contributed by atoms with E-state index in [1.165, 1.54) is 38.9 Å². The molecule has 0 spiro atoms. The summed E-state index contributed by atoms with van der Waals surface area (Å²) in [5, 5.41) is 1.15. The van der Waals surface area contributed by atoms with Crippen LogP contribution in [0.4, 0.5) is 0 Å². The number of halogens is 1. The summed E-state index contributed by atoms with van der Waals surface area (Å²) < 4.78 is 0. The summed E-state index contributed by atoms with van der Waals surface area (Å²) in [5.41, 5.74) is 0.518. The van der Waals surface area contributed by atoms with Crippen molar-refractivity contribution in [2.45, 2.75) is 40.0 Å². The normalized spacial score (nSPS) is 24.4. The van der Waals surface area contributed by atoms with Crippen LogP contribution in [0.25, 0.3) is 0 Å². The molecule has 0 radical (unpaired) electrons. The van der Waals surface area contributed by atoms with Crippen molar-refractivity contribution >= 4 is 15.9 Å². The number of likely N-dealkylation sites (tertiary alicyclic amines) is 1. The van der Waals surface area contributed by atoms with Crippen LogP contribution < -0.4 is 0 Å². The molecule has 0 aromatic heterocycles. The predicted octanol–water partition coefficient (Wildman–Crippen LogP) is 3.53. The van der Waals surface area contributed by atoms with E-state index >= 15 is 0 Å². The molecular weight excluding hydrogens is 238 g/mol. The molecule has 0 aliphatic carbocycles. The lowest BCUT2D eigenvalue weighted by molar-refractivity contribution is 0.181. The topological polar surface area (TPSA) is 3.24 Å². The van der Waals surface area contributed by atoms with Gasteiger partial charge in [-0.1, -0.05) is 36.7 Å². The van der Waals surface area contributed by atoms with Crippen LogP contribution in [0, 0.1) is 11.3 Å². The lowest BCUT2D eigenvalue weighted by Gasteiger charge is -2.34. The Hall–Kier alpha value is 0.440. The monoisotopic (exact) mass is 261 g/mol. The highest BCUT2D eigenvalue weighted by Crippen LogP contribution is 2.31. The molecule has 1 saturated heterocycles. The Morgan fingerprint density at radius 2 is 2.00 bits per heavy atom. The van der Waals surface area contributed by atoms with E-state index in [4.69, 9.17) is 0 Å². The van der Waals surface area contributed by atoms with E-state index in [-0.39, 0.29) is 0 Å². The molecule has 1 atom stereocenters. The molecule has 1 rings (SSSR count). The number of rotatable bonds is 5. The van der Waals surface area contributed by atoms with E-state index in [1.807, 2.05) is 0 Å². The summed E-state index contributed by atoms with van der Waals surface area (Å²) in [6, 6.07) is 0. The number of alkyl halides is 1. The molecule has 1 heterocycles. The summed E-state index contributed by atoms with van der Waals surface area (Å²) in [7, 11) is 0. The fourth-order valence-electron chi connectivity index (χ4n) is 2.35. The first-order valence-electron chi connectivity index (χ1n) is 5.94. The first-order chi connectivity index (χ1) is 6.65. The van der Waals surface area contributed by atoms with Gasteiger partial charge in [0, 0.05) is 18.4 Å². The smallest absolute Gasteiger partial charge is 0.01000 e. The van der Waals surface area contributed by atoms with E-state index in [0.717, 1.165) is 11.2 Å². The fraction of sp³-hybridized carbons (Fsp3) is 1.00. The highest BCUT2D eigenvalue weighted by atomic mass is 79.9. The summed E-state index contributed by atoms with van der Waals surface area (Å²) in [6.07, 6.45) is 3.98. The van der Waals surface area contributed by atoms with Crippen LogP contribution in [0.1, 0.15) is 40.0 Å². The van der Waals surface area contributed by atoms with Crippen molar-refractivity contribution in [1.29, 1.82) is 0 Å². The average Bonchev–Trinajstić information content (AvgIpc) is 2.61. The Labute approximate surface area is 97.4 Å². The molecule has 1 nitrogen and oxygen atoms in total. The molecule has 0 aromatic carbocycles. The molecule has 0 N–H and O–H groups in total. The Morgan fingerprint density at radius 3 is 2.36 bits per heavy atom. The third-order valence-corrected chi connectivity index (χ3v) is 5.04. The molecule has 2 heteroatoms. The second-order valence-corrected chi connectivity index (χ2v) is 5.53. The molecule has 1 unspecified atom stereocenters. The second kappa shape index (κ2) is 5.50. The highest BCUT2D eigenvalue weighted by molar-refractivity contribution is 9.09. The van der Waals surface area contributed by atoms with Crippen molar-refractivity contribution in [2.24, 2.45) is 11.3 Å². The van der Waals surface area contributed by atoms with Gasteiger partial charge >= 0.3 is 0 Å². The maximum atomic E-state index is 3.69. The molecule has 0 amide bonds. The summed E-state index contributed by atoms with van der Waals surface area (Å²) in [4.78, 5) is 2.65. The van der Waals surface area contributed by atoms with Gasteiger partial charge in [-0.3, -0.25) is 0 Å². The molecule has 0 aromatic rings. The summed E-state index contributed by atoms with van der Waals surface area (Å²) in [6.45, 7) is 10.9. The highest BCUT2D eigenvalue weighted by Gasteiger charge is 2.30. The summed E-state index contributed by atoms with van der Waals surface area (Å²) >= 11 is 3.69. The lowest BCUT2D eigenvalue weighted by atomic mass is 9.84. The standard InChI is InChI=1S/C12H24BrN/c1-4-12(5-2,9-13)10-14-7-6-11(3)8-14/h11H,4-10H2,1-3H3. The van der Waals surface area contributed by atoms with Crippen molar-refractivity contribution in [2.75, 3.05) is 25.0 Å². The minimum atomic E-state index is 0.518. The van der Waals surface area contributed by atoms with Crippen molar-refractivity contribution in [3.05, 3.63) is 0 Å². The van der Waals surface area contributed by atoms with Gasteiger partial charge in [-0.15, -0.1) is 0 Å². The van der Waals surface area contributed by atoms with Gasteiger partial charge in [-0.2, -0.15) is 0 Å². The van der Waals surface area contributed by atoms with Crippen molar-refractivity contribution < 1.29 is 0 Å². The second-order valence-electron chi connectivity index (χ2n) is 4.97. The molecule has 84 valence electrons. The van der Waals surface area contributed by atoms with Gasteiger partial charge in [0.25, 0.3) is 0 Å². The van der Waals surface area contributed by atoms with Gasteiger partial charge in [0.1, 0.15) is 0 Å². The zero-order valence-corrected chi connectivity index (χ0v) is 11.4. The average molecular weight is 262 g/mol. The molecule has 1 aliphatic rings. The quantitative estimate of drug-likeness (QED) is 0.685. The number of hydrogen-bond donors (Lipinski definition) is 0. The van der Waals surface area contributed by atoms with E-state index in [1.54, 1.807) is 0 Å². The first-order valence-corrected chi connectivity index (χ1v) is 7.06. The van der Waals surface area contributed by atoms with Gasteiger partial charge in [-0.25, -0.2) is 0 Å². The van der Waals surface area contributed by atoms with E-state index < -0.39 is 0 Å². The molecule has 0 saturated carbocycles. The van der Waals surface area contributed by atoms with Crippen molar-refractivity contribution in [3.8, 4) is 0 Å². The SMILES string of the molecule is CCC(CC)(CBr)CN1CCC(C)C1. The Bertz CT molecular complexity index is 157. The van der Waals surface area contributed by atoms with Gasteiger partial charge < -0.3 is 4.90 Å². The zero-order valence-electron chi connectivity index (χ0n) is 9.85. The zero-order chi connectivity index (χ0) is 10.6. The van der Waals surface area contributed by atoms with Crippen LogP contribution in [0.2, 0.25) is 0 Å². The van der Waals surface area contributed by atoms with E-state index in [0.29, 0.717) is 5.41 Å². The van der Waals surface area contributed by atoms with Gasteiger partial charge in [0.05, 0.1) is 0 Å². The van der Waals surface area contributed by atoms with Crippen LogP contribution >= 0.6 is 15.9 Å². The molecular formula is C12H24BrN. The van der Waals surface area contributed by atoms with Crippen molar-refractivity contribution in [3.63, 3.8) is 0 Å². The van der Waals surface area contributed by atoms with E-state index in [9.17, 15) is 0 Å². The lowest BCUT2D eigenvalue weighted by Crippen LogP contribution is -2.37. The van der Waals surface area contributed by atoms with E-state index in [2.05, 4.69) is 41.6 Å². The Morgan fingerprint density at radius 1 is 1.36 bits per heavy atom. The van der Waals surface area contributed by atoms with Crippen LogP contribution in [0.15, 0.2) is 0 Å². The van der Waals surface area contributed by atoms with Crippen LogP contribution in [-0.4, -0.2) is 29.9 Å². The fourth-order valence-corrected chi connectivity index (χ4v) is 3.32.